The van der Waals surface area contributed by atoms with Crippen LogP contribution in [0.5, 0.6) is 0 Å². The van der Waals surface area contributed by atoms with Crippen molar-refractivity contribution in [3.8, 4) is 6.07 Å². The van der Waals surface area contributed by atoms with Crippen LogP contribution in [-0.2, 0) is 27.0 Å². The number of amides is 2. The standard InChI is InChI=1S/C34H45F3N8O4/c35-34(36,37)33-42-28(44-19-14-23(15-20-44)5-3-8-30(46)40-16-2-1-6-26(39)32(48)49)21-29(43-33)45-18-4-7-27(45)31(47)41-17-13-24-9-11-25(22-38)12-10-24/h9-12,21,23,26-27H,1-8,13-20,39H2,(H,40,46)(H,41,47)(H,48,49)/t26-,27-/m0/s1. The van der Waals surface area contributed by atoms with Gasteiger partial charge in [-0.25, -0.2) is 9.97 Å². The molecule has 0 unspecified atom stereocenters. The van der Waals surface area contributed by atoms with Gasteiger partial charge in [0.2, 0.25) is 17.6 Å². The number of carboxylic acids is 1. The summed E-state index contributed by atoms with van der Waals surface area (Å²) in [6.07, 6.45) is 1.95. The maximum absolute atomic E-state index is 14.0. The van der Waals surface area contributed by atoms with E-state index in [4.69, 9.17) is 16.1 Å². The Labute approximate surface area is 284 Å². The summed E-state index contributed by atoms with van der Waals surface area (Å²) in [5.41, 5.74) is 6.98. The van der Waals surface area contributed by atoms with Gasteiger partial charge in [-0.05, 0) is 87.8 Å². The Kier molecular flexibility index (Phi) is 13.6. The predicted molar refractivity (Wildman–Crippen MR) is 177 cm³/mol. The predicted octanol–water partition coefficient (Wildman–Crippen LogP) is 3.78. The summed E-state index contributed by atoms with van der Waals surface area (Å²) in [7, 11) is 0. The van der Waals surface area contributed by atoms with Gasteiger partial charge in [-0.15, -0.1) is 0 Å². The molecule has 2 saturated heterocycles. The summed E-state index contributed by atoms with van der Waals surface area (Å²) in [5, 5.41) is 23.5. The number of benzene rings is 1. The minimum atomic E-state index is -4.76. The van der Waals surface area contributed by atoms with E-state index in [-0.39, 0.29) is 23.5 Å². The van der Waals surface area contributed by atoms with Crippen LogP contribution in [0.15, 0.2) is 30.3 Å². The zero-order valence-corrected chi connectivity index (χ0v) is 27.6. The number of hydrogen-bond acceptors (Lipinski definition) is 9. The molecule has 15 heteroatoms. The first-order valence-corrected chi connectivity index (χ1v) is 16.9. The number of nitrogens with one attached hydrogen (secondary N) is 2. The minimum Gasteiger partial charge on any atom is -0.480 e. The number of alkyl halides is 3. The number of rotatable bonds is 16. The number of hydrogen-bond donors (Lipinski definition) is 4. The summed E-state index contributed by atoms with van der Waals surface area (Å²) in [4.78, 5) is 47.3. The number of aromatic nitrogens is 2. The van der Waals surface area contributed by atoms with Crippen molar-refractivity contribution in [2.75, 3.05) is 42.5 Å². The summed E-state index contributed by atoms with van der Waals surface area (Å²) in [5.74, 6) is -1.99. The molecule has 2 amide bonds. The summed E-state index contributed by atoms with van der Waals surface area (Å²) >= 11 is 0. The average Bonchev–Trinajstić information content (AvgIpc) is 3.58. The van der Waals surface area contributed by atoms with Crippen molar-refractivity contribution >= 4 is 29.4 Å². The van der Waals surface area contributed by atoms with E-state index in [2.05, 4.69) is 26.7 Å². The van der Waals surface area contributed by atoms with Gasteiger partial charge in [0, 0.05) is 45.2 Å². The molecule has 2 aliphatic rings. The van der Waals surface area contributed by atoms with Crippen LogP contribution in [0.1, 0.15) is 81.2 Å². The second-order valence-electron chi connectivity index (χ2n) is 12.7. The Morgan fingerprint density at radius 3 is 2.39 bits per heavy atom. The average molecular weight is 687 g/mol. The van der Waals surface area contributed by atoms with Crippen molar-refractivity contribution in [1.29, 1.82) is 5.26 Å². The molecule has 2 aromatic rings. The highest BCUT2D eigenvalue weighted by Gasteiger charge is 2.39. The first-order valence-electron chi connectivity index (χ1n) is 16.9. The van der Waals surface area contributed by atoms with Crippen molar-refractivity contribution in [2.24, 2.45) is 11.7 Å². The van der Waals surface area contributed by atoms with Crippen LogP contribution in [0.25, 0.3) is 0 Å². The van der Waals surface area contributed by atoms with Gasteiger partial charge in [0.25, 0.3) is 0 Å². The lowest BCUT2D eigenvalue weighted by molar-refractivity contribution is -0.145. The Morgan fingerprint density at radius 2 is 1.71 bits per heavy atom. The third kappa shape index (κ3) is 11.3. The van der Waals surface area contributed by atoms with Gasteiger partial charge >= 0.3 is 12.1 Å². The van der Waals surface area contributed by atoms with Gasteiger partial charge in [-0.1, -0.05) is 12.1 Å². The SMILES string of the molecule is N#Cc1ccc(CCNC(=O)[C@@H]2CCCN2c2cc(N3CCC(CCCC(=O)NCCCC[C@H](N)C(=O)O)CC3)nc(C(F)(F)F)n2)cc1. The van der Waals surface area contributed by atoms with Crippen LogP contribution in [-0.4, -0.2) is 77.7 Å². The Hall–Kier alpha value is -4.45. The van der Waals surface area contributed by atoms with Gasteiger partial charge in [-0.2, -0.15) is 18.4 Å². The van der Waals surface area contributed by atoms with E-state index in [1.54, 1.807) is 23.1 Å². The molecule has 2 atom stereocenters. The second kappa shape index (κ2) is 17.8. The maximum atomic E-state index is 14.0. The molecule has 0 spiro atoms. The topological polar surface area (TPSA) is 178 Å². The zero-order chi connectivity index (χ0) is 35.4. The molecule has 266 valence electrons. The lowest BCUT2D eigenvalue weighted by atomic mass is 9.91. The molecule has 1 aromatic carbocycles. The molecule has 0 radical (unpaired) electrons. The summed E-state index contributed by atoms with van der Waals surface area (Å²) in [6, 6.07) is 9.15. The van der Waals surface area contributed by atoms with Crippen molar-refractivity contribution < 1.29 is 32.7 Å². The number of unbranched alkanes of at least 4 members (excludes halogenated alkanes) is 1. The third-order valence-electron chi connectivity index (χ3n) is 9.13. The van der Waals surface area contributed by atoms with Gasteiger partial charge in [0.05, 0.1) is 11.6 Å². The van der Waals surface area contributed by atoms with E-state index >= 15 is 0 Å². The summed E-state index contributed by atoms with van der Waals surface area (Å²) in [6.45, 7) is 2.25. The van der Waals surface area contributed by atoms with Crippen molar-refractivity contribution in [3.63, 3.8) is 0 Å². The van der Waals surface area contributed by atoms with E-state index in [1.807, 2.05) is 17.0 Å². The largest absolute Gasteiger partial charge is 0.480 e. The van der Waals surface area contributed by atoms with Crippen molar-refractivity contribution in [1.82, 2.24) is 20.6 Å². The maximum Gasteiger partial charge on any atom is 0.451 e. The van der Waals surface area contributed by atoms with Gasteiger partial charge < -0.3 is 31.3 Å². The molecule has 49 heavy (non-hydrogen) atoms. The fraction of sp³-hybridized carbons (Fsp3) is 0.588. The number of carbonyl (C=O) groups excluding carboxylic acids is 2. The van der Waals surface area contributed by atoms with Crippen LogP contribution in [0.3, 0.4) is 0 Å². The summed E-state index contributed by atoms with van der Waals surface area (Å²) < 4.78 is 41.9. The molecule has 2 fully saturated rings. The molecule has 3 heterocycles. The van der Waals surface area contributed by atoms with Gasteiger partial charge in [0.1, 0.15) is 23.7 Å². The molecule has 1 aromatic heterocycles. The zero-order valence-electron chi connectivity index (χ0n) is 27.6. The lowest BCUT2D eigenvalue weighted by Gasteiger charge is -2.34. The number of nitriles is 1. The normalized spacial score (nSPS) is 17.4. The number of halogens is 3. The number of anilines is 2. The quantitative estimate of drug-likeness (QED) is 0.190. The minimum absolute atomic E-state index is 0.0617. The number of aliphatic carboxylic acids is 1. The fourth-order valence-corrected chi connectivity index (χ4v) is 6.30. The van der Waals surface area contributed by atoms with E-state index in [0.29, 0.717) is 95.6 Å². The highest BCUT2D eigenvalue weighted by atomic mass is 19.4. The van der Waals surface area contributed by atoms with Crippen LogP contribution in [0.4, 0.5) is 24.8 Å². The number of carboxylic acid groups (broad SMARTS) is 1. The molecule has 0 aliphatic carbocycles. The number of nitrogens with zero attached hydrogens (tertiary/aromatic N) is 5. The number of carbonyl (C=O) groups is 3. The molecule has 2 aliphatic heterocycles. The first-order chi connectivity index (χ1) is 23.4. The van der Waals surface area contributed by atoms with Crippen LogP contribution in [0, 0.1) is 17.2 Å². The molecular formula is C34H45F3N8O4. The van der Waals surface area contributed by atoms with Gasteiger partial charge in [0.15, 0.2) is 0 Å². The Bertz CT molecular complexity index is 1460. The van der Waals surface area contributed by atoms with Gasteiger partial charge in [-0.3, -0.25) is 14.4 Å². The van der Waals surface area contributed by atoms with Crippen molar-refractivity contribution in [3.05, 3.63) is 47.3 Å². The first kappa shape index (κ1) is 37.4. The molecule has 0 bridgehead atoms. The van der Waals surface area contributed by atoms with E-state index in [1.165, 1.54) is 0 Å². The van der Waals surface area contributed by atoms with E-state index < -0.39 is 30.1 Å². The Balaban J connectivity index is 1.27. The molecule has 5 N–H and O–H groups in total. The number of piperidine rings is 1. The van der Waals surface area contributed by atoms with E-state index in [9.17, 15) is 27.6 Å². The van der Waals surface area contributed by atoms with Crippen LogP contribution >= 0.6 is 0 Å². The Morgan fingerprint density at radius 1 is 1.00 bits per heavy atom. The molecule has 12 nitrogen and oxygen atoms in total. The second-order valence-corrected chi connectivity index (χ2v) is 12.7. The molecule has 4 rings (SSSR count). The van der Waals surface area contributed by atoms with Crippen LogP contribution < -0.4 is 26.2 Å². The monoisotopic (exact) mass is 686 g/mol. The number of nitrogens with two attached hydrogens (primary N) is 1. The molecule has 0 saturated carbocycles. The highest BCUT2D eigenvalue weighted by Crippen LogP contribution is 2.34. The third-order valence-corrected chi connectivity index (χ3v) is 9.13. The highest BCUT2D eigenvalue weighted by molar-refractivity contribution is 5.85. The van der Waals surface area contributed by atoms with E-state index in [0.717, 1.165) is 24.8 Å². The molecular weight excluding hydrogens is 641 g/mol. The fourth-order valence-electron chi connectivity index (χ4n) is 6.30. The smallest absolute Gasteiger partial charge is 0.451 e. The van der Waals surface area contributed by atoms with Crippen molar-refractivity contribution in [2.45, 2.75) is 88.9 Å². The van der Waals surface area contributed by atoms with Crippen LogP contribution in [0.2, 0.25) is 0 Å². The lowest BCUT2D eigenvalue weighted by Crippen LogP contribution is -2.44.